The zero-order chi connectivity index (χ0) is 13.2. The van der Waals surface area contributed by atoms with Gasteiger partial charge in [0, 0.05) is 6.54 Å². The van der Waals surface area contributed by atoms with E-state index in [9.17, 15) is 18.6 Å². The van der Waals surface area contributed by atoms with Crippen LogP contribution in [0.2, 0.25) is 0 Å². The van der Waals surface area contributed by atoms with Crippen LogP contribution in [0.25, 0.3) is 0 Å². The summed E-state index contributed by atoms with van der Waals surface area (Å²) in [5, 5.41) is 19.1. The molecule has 0 radical (unpaired) electrons. The van der Waals surface area contributed by atoms with E-state index in [1.165, 1.54) is 16.4 Å². The van der Waals surface area contributed by atoms with E-state index in [1.807, 2.05) is 0 Å². The minimum absolute atomic E-state index is 0.192. The third-order valence-corrected chi connectivity index (χ3v) is 5.17. The highest BCUT2D eigenvalue weighted by Crippen LogP contribution is 2.25. The van der Waals surface area contributed by atoms with Gasteiger partial charge in [0.2, 0.25) is 10.0 Å². The van der Waals surface area contributed by atoms with Crippen molar-refractivity contribution in [2.75, 3.05) is 13.2 Å². The molecule has 6 heteroatoms. The van der Waals surface area contributed by atoms with E-state index in [0.29, 0.717) is 19.4 Å². The van der Waals surface area contributed by atoms with Crippen LogP contribution in [-0.4, -0.2) is 48.2 Å². The summed E-state index contributed by atoms with van der Waals surface area (Å²) in [6, 6.07) is 7.34. The molecule has 2 rings (SSSR count). The maximum atomic E-state index is 12.4. The van der Waals surface area contributed by atoms with Crippen molar-refractivity contribution in [2.45, 2.75) is 29.9 Å². The highest BCUT2D eigenvalue weighted by Gasteiger charge is 2.37. The Labute approximate surface area is 107 Å². The van der Waals surface area contributed by atoms with Gasteiger partial charge in [-0.15, -0.1) is 0 Å². The van der Waals surface area contributed by atoms with Crippen molar-refractivity contribution in [1.82, 2.24) is 4.31 Å². The van der Waals surface area contributed by atoms with E-state index >= 15 is 0 Å². The third-order valence-electron chi connectivity index (χ3n) is 3.23. The first-order valence-electron chi connectivity index (χ1n) is 5.93. The molecule has 1 fully saturated rings. The quantitative estimate of drug-likeness (QED) is 0.823. The zero-order valence-corrected chi connectivity index (χ0v) is 10.8. The lowest BCUT2D eigenvalue weighted by atomic mass is 10.0. The van der Waals surface area contributed by atoms with Crippen molar-refractivity contribution < 1.29 is 18.6 Å². The molecule has 2 atom stereocenters. The number of sulfonamides is 1. The smallest absolute Gasteiger partial charge is 0.243 e. The molecule has 5 nitrogen and oxygen atoms in total. The number of nitrogens with zero attached hydrogens (tertiary/aromatic N) is 1. The van der Waals surface area contributed by atoms with Gasteiger partial charge in [-0.3, -0.25) is 0 Å². The van der Waals surface area contributed by atoms with Gasteiger partial charge in [-0.1, -0.05) is 18.2 Å². The molecule has 2 N–H and O–H groups in total. The predicted octanol–water partition coefficient (Wildman–Crippen LogP) is 0.193. The van der Waals surface area contributed by atoms with E-state index < -0.39 is 22.2 Å². The molecule has 0 amide bonds. The van der Waals surface area contributed by atoms with Crippen molar-refractivity contribution >= 4 is 10.0 Å². The van der Waals surface area contributed by atoms with Crippen LogP contribution in [0.4, 0.5) is 0 Å². The first-order valence-corrected chi connectivity index (χ1v) is 7.37. The summed E-state index contributed by atoms with van der Waals surface area (Å²) in [5.74, 6) is 0. The molecular weight excluding hydrogens is 254 g/mol. The van der Waals surface area contributed by atoms with Gasteiger partial charge < -0.3 is 10.2 Å². The number of aliphatic hydroxyl groups excluding tert-OH is 2. The fraction of sp³-hybridized carbons (Fsp3) is 0.500. The lowest BCUT2D eigenvalue weighted by Crippen LogP contribution is -2.52. The molecular formula is C12H17NO4S. The standard InChI is InChI=1S/C12H17NO4S/c14-9-11-12(15)7-4-8-13(11)18(16,17)10-5-2-1-3-6-10/h1-3,5-6,11-12,14-15H,4,7-9H2/t11-,12-/m0/s1. The molecule has 1 aliphatic rings. The summed E-state index contributed by atoms with van der Waals surface area (Å²) in [6.45, 7) is -0.0350. The molecule has 0 saturated carbocycles. The molecule has 1 aromatic carbocycles. The molecule has 1 heterocycles. The molecule has 0 spiro atoms. The monoisotopic (exact) mass is 271 g/mol. The summed E-state index contributed by atoms with van der Waals surface area (Å²) < 4.78 is 26.0. The SMILES string of the molecule is O=S(=O)(c1ccccc1)N1CCC[C@H](O)[C@@H]1CO. The van der Waals surface area contributed by atoms with Crippen LogP contribution in [0.3, 0.4) is 0 Å². The molecule has 1 aliphatic heterocycles. The Bertz CT molecular complexity index is 488. The van der Waals surface area contributed by atoms with Crippen LogP contribution in [0.1, 0.15) is 12.8 Å². The molecule has 0 bridgehead atoms. The minimum atomic E-state index is -3.64. The predicted molar refractivity (Wildman–Crippen MR) is 66.4 cm³/mol. The largest absolute Gasteiger partial charge is 0.395 e. The molecule has 0 aliphatic carbocycles. The van der Waals surface area contributed by atoms with Crippen LogP contribution >= 0.6 is 0 Å². The summed E-state index contributed by atoms with van der Waals surface area (Å²) in [6.07, 6.45) is 0.317. The fourth-order valence-corrected chi connectivity index (χ4v) is 3.95. The Morgan fingerprint density at radius 2 is 1.94 bits per heavy atom. The van der Waals surface area contributed by atoms with Crippen molar-refractivity contribution in [1.29, 1.82) is 0 Å². The first kappa shape index (κ1) is 13.5. The van der Waals surface area contributed by atoms with Gasteiger partial charge in [0.1, 0.15) is 0 Å². The van der Waals surface area contributed by atoms with E-state index in [1.54, 1.807) is 18.2 Å². The number of rotatable bonds is 3. The summed E-state index contributed by atoms with van der Waals surface area (Å²) in [5.41, 5.74) is 0. The normalized spacial score (nSPS) is 26.1. The maximum Gasteiger partial charge on any atom is 0.243 e. The van der Waals surface area contributed by atoms with Crippen molar-refractivity contribution in [2.24, 2.45) is 0 Å². The van der Waals surface area contributed by atoms with Crippen LogP contribution < -0.4 is 0 Å². The number of hydrogen-bond acceptors (Lipinski definition) is 4. The van der Waals surface area contributed by atoms with Crippen LogP contribution in [0.15, 0.2) is 35.2 Å². The van der Waals surface area contributed by atoms with Crippen molar-refractivity contribution in [3.8, 4) is 0 Å². The van der Waals surface area contributed by atoms with Crippen LogP contribution in [-0.2, 0) is 10.0 Å². The zero-order valence-electron chi connectivity index (χ0n) is 9.94. The second-order valence-corrected chi connectivity index (χ2v) is 6.28. The Balaban J connectivity index is 2.34. The molecule has 0 unspecified atom stereocenters. The van der Waals surface area contributed by atoms with Gasteiger partial charge in [0.15, 0.2) is 0 Å². The van der Waals surface area contributed by atoms with Gasteiger partial charge in [-0.05, 0) is 25.0 Å². The van der Waals surface area contributed by atoms with E-state index in [2.05, 4.69) is 0 Å². The second kappa shape index (κ2) is 5.36. The number of aliphatic hydroxyl groups is 2. The lowest BCUT2D eigenvalue weighted by molar-refractivity contribution is 0.0225. The highest BCUT2D eigenvalue weighted by molar-refractivity contribution is 7.89. The Morgan fingerprint density at radius 1 is 1.28 bits per heavy atom. The average molecular weight is 271 g/mol. The van der Waals surface area contributed by atoms with Crippen LogP contribution in [0, 0.1) is 0 Å². The molecule has 18 heavy (non-hydrogen) atoms. The van der Waals surface area contributed by atoms with Gasteiger partial charge in [0.05, 0.1) is 23.6 Å². The highest BCUT2D eigenvalue weighted by atomic mass is 32.2. The van der Waals surface area contributed by atoms with E-state index in [0.717, 1.165) is 0 Å². The molecule has 1 aromatic rings. The van der Waals surface area contributed by atoms with Gasteiger partial charge in [-0.25, -0.2) is 8.42 Å². The Hall–Kier alpha value is -0.950. The van der Waals surface area contributed by atoms with Gasteiger partial charge >= 0.3 is 0 Å². The van der Waals surface area contributed by atoms with E-state index in [-0.39, 0.29) is 11.5 Å². The van der Waals surface area contributed by atoms with Gasteiger partial charge in [-0.2, -0.15) is 4.31 Å². The summed E-state index contributed by atoms with van der Waals surface area (Å²) in [7, 11) is -3.64. The fourth-order valence-electron chi connectivity index (χ4n) is 2.25. The molecule has 100 valence electrons. The first-order chi connectivity index (χ1) is 8.57. The number of hydrogen-bond donors (Lipinski definition) is 2. The lowest BCUT2D eigenvalue weighted by Gasteiger charge is -2.36. The second-order valence-electron chi connectivity index (χ2n) is 4.39. The van der Waals surface area contributed by atoms with Crippen molar-refractivity contribution in [3.05, 3.63) is 30.3 Å². The Kier molecular flexibility index (Phi) is 4.01. The van der Waals surface area contributed by atoms with Gasteiger partial charge in [0.25, 0.3) is 0 Å². The minimum Gasteiger partial charge on any atom is -0.395 e. The molecule has 1 saturated heterocycles. The van der Waals surface area contributed by atoms with E-state index in [4.69, 9.17) is 0 Å². The Morgan fingerprint density at radius 3 is 2.56 bits per heavy atom. The summed E-state index contributed by atoms with van der Waals surface area (Å²) >= 11 is 0. The summed E-state index contributed by atoms with van der Waals surface area (Å²) in [4.78, 5) is 0.192. The van der Waals surface area contributed by atoms with Crippen LogP contribution in [0.5, 0.6) is 0 Å². The number of piperidine rings is 1. The maximum absolute atomic E-state index is 12.4. The molecule has 0 aromatic heterocycles. The van der Waals surface area contributed by atoms with Crippen molar-refractivity contribution in [3.63, 3.8) is 0 Å². The topological polar surface area (TPSA) is 77.8 Å². The number of benzene rings is 1. The average Bonchev–Trinajstić information content (AvgIpc) is 2.39. The third kappa shape index (κ3) is 2.42.